The average molecular weight is 301 g/mol. The van der Waals surface area contributed by atoms with Gasteiger partial charge in [0, 0.05) is 23.2 Å². The number of hydrogen-bond donors (Lipinski definition) is 0. The SMILES string of the molecule is O=C1c2cccnc2CC[C@H]1[C@H]1c2ccccc2-c2cncn21. The summed E-state index contributed by atoms with van der Waals surface area (Å²) in [4.78, 5) is 21.7. The lowest BCUT2D eigenvalue weighted by Crippen LogP contribution is -2.30. The molecule has 2 aromatic heterocycles. The van der Waals surface area contributed by atoms with Crippen LogP contribution in [0, 0.1) is 5.92 Å². The van der Waals surface area contributed by atoms with E-state index in [1.807, 2.05) is 30.7 Å². The highest BCUT2D eigenvalue weighted by atomic mass is 16.1. The van der Waals surface area contributed by atoms with Crippen molar-refractivity contribution < 1.29 is 4.79 Å². The molecule has 0 saturated heterocycles. The molecule has 3 heterocycles. The number of ketones is 1. The highest BCUT2D eigenvalue weighted by molar-refractivity contribution is 6.00. The van der Waals surface area contributed by atoms with Gasteiger partial charge < -0.3 is 4.57 Å². The van der Waals surface area contributed by atoms with Gasteiger partial charge in [0.05, 0.1) is 30.0 Å². The predicted molar refractivity (Wildman–Crippen MR) is 86.2 cm³/mol. The summed E-state index contributed by atoms with van der Waals surface area (Å²) in [7, 11) is 0. The molecule has 0 unspecified atom stereocenters. The van der Waals surface area contributed by atoms with E-state index in [9.17, 15) is 4.79 Å². The Labute approximate surface area is 133 Å². The lowest BCUT2D eigenvalue weighted by atomic mass is 9.78. The van der Waals surface area contributed by atoms with Crippen molar-refractivity contribution in [1.29, 1.82) is 0 Å². The van der Waals surface area contributed by atoms with Crippen LogP contribution in [0.1, 0.15) is 34.1 Å². The number of aryl methyl sites for hydroxylation is 1. The highest BCUT2D eigenvalue weighted by Crippen LogP contribution is 2.45. The average Bonchev–Trinajstić information content (AvgIpc) is 3.17. The van der Waals surface area contributed by atoms with Crippen LogP contribution in [0.4, 0.5) is 0 Å². The molecule has 1 aliphatic carbocycles. The zero-order chi connectivity index (χ0) is 15.4. The quantitative estimate of drug-likeness (QED) is 0.693. The third kappa shape index (κ3) is 1.69. The summed E-state index contributed by atoms with van der Waals surface area (Å²) in [6.07, 6.45) is 7.20. The fourth-order valence-corrected chi connectivity index (χ4v) is 4.07. The number of rotatable bonds is 1. The maximum atomic E-state index is 13.1. The molecule has 3 aromatic rings. The molecule has 0 radical (unpaired) electrons. The summed E-state index contributed by atoms with van der Waals surface area (Å²) in [5.41, 5.74) is 5.26. The van der Waals surface area contributed by atoms with Crippen LogP contribution in [-0.2, 0) is 6.42 Å². The summed E-state index contributed by atoms with van der Waals surface area (Å²) < 4.78 is 2.16. The fourth-order valence-electron chi connectivity index (χ4n) is 4.07. The molecular weight excluding hydrogens is 286 g/mol. The van der Waals surface area contributed by atoms with Crippen molar-refractivity contribution in [1.82, 2.24) is 14.5 Å². The van der Waals surface area contributed by atoms with E-state index in [-0.39, 0.29) is 17.7 Å². The zero-order valence-corrected chi connectivity index (χ0v) is 12.5. The first-order chi connectivity index (χ1) is 11.3. The van der Waals surface area contributed by atoms with Gasteiger partial charge in [0.25, 0.3) is 0 Å². The second-order valence-corrected chi connectivity index (χ2v) is 6.23. The van der Waals surface area contributed by atoms with Crippen LogP contribution in [0.5, 0.6) is 0 Å². The Morgan fingerprint density at radius 2 is 1.96 bits per heavy atom. The first-order valence-electron chi connectivity index (χ1n) is 7.94. The normalized spacial score (nSPS) is 21.7. The van der Waals surface area contributed by atoms with Gasteiger partial charge in [-0.3, -0.25) is 9.78 Å². The fraction of sp³-hybridized carbons (Fsp3) is 0.211. The number of imidazole rings is 1. The largest absolute Gasteiger partial charge is 0.322 e. The molecule has 2 atom stereocenters. The molecule has 5 rings (SSSR count). The van der Waals surface area contributed by atoms with E-state index in [0.717, 1.165) is 29.8 Å². The molecule has 112 valence electrons. The summed E-state index contributed by atoms with van der Waals surface area (Å²) in [5.74, 6) is 0.156. The Balaban J connectivity index is 1.65. The van der Waals surface area contributed by atoms with Gasteiger partial charge in [-0.2, -0.15) is 0 Å². The minimum absolute atomic E-state index is 0.0459. The molecule has 0 N–H and O–H groups in total. The zero-order valence-electron chi connectivity index (χ0n) is 12.5. The molecular formula is C19H15N3O. The molecule has 1 aromatic carbocycles. The van der Waals surface area contributed by atoms with Crippen molar-refractivity contribution in [2.45, 2.75) is 18.9 Å². The monoisotopic (exact) mass is 301 g/mol. The minimum atomic E-state index is -0.0525. The number of fused-ring (bicyclic) bond motifs is 4. The van der Waals surface area contributed by atoms with Gasteiger partial charge in [0.2, 0.25) is 0 Å². The third-order valence-electron chi connectivity index (χ3n) is 5.09. The van der Waals surface area contributed by atoms with Crippen LogP contribution in [0.25, 0.3) is 11.3 Å². The second-order valence-electron chi connectivity index (χ2n) is 6.23. The summed E-state index contributed by atoms with van der Waals surface area (Å²) >= 11 is 0. The van der Waals surface area contributed by atoms with Crippen LogP contribution in [0.15, 0.2) is 55.1 Å². The number of aromatic nitrogens is 3. The third-order valence-corrected chi connectivity index (χ3v) is 5.09. The van der Waals surface area contributed by atoms with E-state index >= 15 is 0 Å². The number of nitrogens with zero attached hydrogens (tertiary/aromatic N) is 3. The van der Waals surface area contributed by atoms with Gasteiger partial charge in [-0.05, 0) is 30.5 Å². The van der Waals surface area contributed by atoms with Crippen LogP contribution in [0.2, 0.25) is 0 Å². The Kier molecular flexibility index (Phi) is 2.56. The molecule has 0 fully saturated rings. The van der Waals surface area contributed by atoms with Crippen molar-refractivity contribution in [2.24, 2.45) is 5.92 Å². The molecule has 4 heteroatoms. The second kappa shape index (κ2) is 4.62. The van der Waals surface area contributed by atoms with E-state index in [0.29, 0.717) is 0 Å². The lowest BCUT2D eigenvalue weighted by Gasteiger charge is -2.29. The number of Topliss-reactive ketones (excluding diaryl/α,β-unsaturated/α-hetero) is 1. The van der Waals surface area contributed by atoms with Gasteiger partial charge in [-0.15, -0.1) is 0 Å². The van der Waals surface area contributed by atoms with Crippen LogP contribution in [-0.4, -0.2) is 20.3 Å². The van der Waals surface area contributed by atoms with E-state index in [1.54, 1.807) is 6.20 Å². The molecule has 1 aliphatic heterocycles. The summed E-state index contributed by atoms with van der Waals surface area (Å²) in [6.45, 7) is 0. The number of carbonyl (C=O) groups excluding carboxylic acids is 1. The molecule has 23 heavy (non-hydrogen) atoms. The molecule has 0 bridgehead atoms. The predicted octanol–water partition coefficient (Wildman–Crippen LogP) is 3.29. The lowest BCUT2D eigenvalue weighted by molar-refractivity contribution is 0.0870. The molecule has 2 aliphatic rings. The van der Waals surface area contributed by atoms with Crippen LogP contribution < -0.4 is 0 Å². The number of hydrogen-bond acceptors (Lipinski definition) is 3. The van der Waals surface area contributed by atoms with E-state index in [4.69, 9.17) is 0 Å². The molecule has 0 amide bonds. The smallest absolute Gasteiger partial charge is 0.170 e. The number of pyridine rings is 1. The van der Waals surface area contributed by atoms with Gasteiger partial charge >= 0.3 is 0 Å². The Morgan fingerprint density at radius 1 is 1.09 bits per heavy atom. The Morgan fingerprint density at radius 3 is 2.91 bits per heavy atom. The van der Waals surface area contributed by atoms with Crippen molar-refractivity contribution in [3.63, 3.8) is 0 Å². The van der Waals surface area contributed by atoms with Crippen molar-refractivity contribution in [3.8, 4) is 11.3 Å². The van der Waals surface area contributed by atoms with E-state index < -0.39 is 0 Å². The minimum Gasteiger partial charge on any atom is -0.322 e. The van der Waals surface area contributed by atoms with E-state index in [1.165, 1.54) is 11.1 Å². The number of benzene rings is 1. The first-order valence-corrected chi connectivity index (χ1v) is 7.94. The highest BCUT2D eigenvalue weighted by Gasteiger charge is 2.40. The molecule has 4 nitrogen and oxygen atoms in total. The van der Waals surface area contributed by atoms with Crippen molar-refractivity contribution >= 4 is 5.78 Å². The topological polar surface area (TPSA) is 47.8 Å². The first kappa shape index (κ1) is 12.8. The van der Waals surface area contributed by atoms with Crippen LogP contribution in [0.3, 0.4) is 0 Å². The maximum Gasteiger partial charge on any atom is 0.170 e. The van der Waals surface area contributed by atoms with Gasteiger partial charge in [0.15, 0.2) is 5.78 Å². The Bertz CT molecular complexity index is 928. The van der Waals surface area contributed by atoms with Gasteiger partial charge in [-0.25, -0.2) is 4.98 Å². The summed E-state index contributed by atoms with van der Waals surface area (Å²) in [5, 5.41) is 0. The maximum absolute atomic E-state index is 13.1. The molecule has 0 saturated carbocycles. The van der Waals surface area contributed by atoms with Crippen LogP contribution >= 0.6 is 0 Å². The molecule has 0 spiro atoms. The van der Waals surface area contributed by atoms with Gasteiger partial charge in [0.1, 0.15) is 0 Å². The number of carbonyl (C=O) groups is 1. The van der Waals surface area contributed by atoms with Crippen molar-refractivity contribution in [2.75, 3.05) is 0 Å². The van der Waals surface area contributed by atoms with Crippen molar-refractivity contribution in [3.05, 3.63) is 71.9 Å². The Hall–Kier alpha value is -2.75. The van der Waals surface area contributed by atoms with Gasteiger partial charge in [-0.1, -0.05) is 24.3 Å². The van der Waals surface area contributed by atoms with E-state index in [2.05, 4.69) is 32.7 Å². The standard InChI is InChI=1S/C19H15N3O/c23-19-14-6-3-9-21-16(14)8-7-15(19)18-13-5-2-1-4-12(13)17-10-20-11-22(17)18/h1-6,9-11,15,18H,7-8H2/t15-,18+/m0/s1. The summed E-state index contributed by atoms with van der Waals surface area (Å²) in [6, 6.07) is 12.2.